The summed E-state index contributed by atoms with van der Waals surface area (Å²) in [7, 11) is 0. The number of hydrogen-bond acceptors (Lipinski definition) is 2. The SMILES string of the molecule is CCC(F)CCCCSC(CC)C(=O)O. The molecule has 2 nitrogen and oxygen atoms in total. The van der Waals surface area contributed by atoms with Gasteiger partial charge in [-0.3, -0.25) is 4.79 Å². The van der Waals surface area contributed by atoms with Crippen molar-refractivity contribution in [3.63, 3.8) is 0 Å². The van der Waals surface area contributed by atoms with Crippen molar-refractivity contribution >= 4 is 17.7 Å². The van der Waals surface area contributed by atoms with E-state index in [1.165, 1.54) is 11.8 Å². The maximum Gasteiger partial charge on any atom is 0.316 e. The molecule has 0 radical (unpaired) electrons. The van der Waals surface area contributed by atoms with Crippen LogP contribution < -0.4 is 0 Å². The van der Waals surface area contributed by atoms with Crippen LogP contribution in [-0.2, 0) is 4.79 Å². The molecule has 1 N–H and O–H groups in total. The molecule has 0 aromatic heterocycles. The van der Waals surface area contributed by atoms with Crippen molar-refractivity contribution < 1.29 is 14.3 Å². The fourth-order valence-electron chi connectivity index (χ4n) is 1.26. The molecule has 2 unspecified atom stereocenters. The van der Waals surface area contributed by atoms with Gasteiger partial charge in [0.25, 0.3) is 0 Å². The third-order valence-electron chi connectivity index (χ3n) is 2.32. The molecule has 0 heterocycles. The molecule has 0 aromatic carbocycles. The van der Waals surface area contributed by atoms with Gasteiger partial charge in [0, 0.05) is 0 Å². The summed E-state index contributed by atoms with van der Waals surface area (Å²) >= 11 is 1.47. The molecule has 0 amide bonds. The minimum absolute atomic E-state index is 0.294. The van der Waals surface area contributed by atoms with E-state index in [0.29, 0.717) is 19.3 Å². The van der Waals surface area contributed by atoms with Crippen molar-refractivity contribution in [3.8, 4) is 0 Å². The molecule has 0 bridgehead atoms. The first-order chi connectivity index (χ1) is 7.11. The number of carbonyl (C=O) groups is 1. The lowest BCUT2D eigenvalue weighted by Crippen LogP contribution is -2.15. The van der Waals surface area contributed by atoms with Crippen molar-refractivity contribution in [3.05, 3.63) is 0 Å². The zero-order valence-electron chi connectivity index (χ0n) is 9.54. The Kier molecular flexibility index (Phi) is 8.86. The predicted octanol–water partition coefficient (Wildman–Crippen LogP) is 3.50. The van der Waals surface area contributed by atoms with Gasteiger partial charge in [-0.1, -0.05) is 13.8 Å². The second kappa shape index (κ2) is 9.01. The highest BCUT2D eigenvalue weighted by atomic mass is 32.2. The number of aliphatic carboxylic acids is 1. The van der Waals surface area contributed by atoms with Crippen LogP contribution in [0.25, 0.3) is 0 Å². The first-order valence-electron chi connectivity index (χ1n) is 5.60. The minimum Gasteiger partial charge on any atom is -0.480 e. The fraction of sp³-hybridized carbons (Fsp3) is 0.909. The minimum atomic E-state index is -0.737. The lowest BCUT2D eigenvalue weighted by atomic mass is 10.1. The Labute approximate surface area is 95.6 Å². The number of carboxylic acid groups (broad SMARTS) is 1. The van der Waals surface area contributed by atoms with Crippen molar-refractivity contribution in [2.75, 3.05) is 5.75 Å². The maximum atomic E-state index is 12.8. The molecule has 0 aliphatic carbocycles. The zero-order chi connectivity index (χ0) is 11.7. The lowest BCUT2D eigenvalue weighted by Gasteiger charge is -2.09. The van der Waals surface area contributed by atoms with Gasteiger partial charge in [-0.2, -0.15) is 0 Å². The number of rotatable bonds is 9. The number of carboxylic acids is 1. The molecule has 90 valence electrons. The van der Waals surface area contributed by atoms with Crippen LogP contribution in [0.1, 0.15) is 46.0 Å². The quantitative estimate of drug-likeness (QED) is 0.622. The molecule has 0 fully saturated rings. The van der Waals surface area contributed by atoms with Gasteiger partial charge in [0.15, 0.2) is 0 Å². The Hall–Kier alpha value is -0.250. The summed E-state index contributed by atoms with van der Waals surface area (Å²) in [5.74, 6) is 0.0840. The summed E-state index contributed by atoms with van der Waals surface area (Å²) in [5, 5.41) is 8.48. The molecule has 0 saturated heterocycles. The summed E-state index contributed by atoms with van der Waals surface area (Å²) in [6.07, 6.45) is 2.94. The first kappa shape index (κ1) is 14.8. The second-order valence-electron chi connectivity index (χ2n) is 3.61. The molecule has 15 heavy (non-hydrogen) atoms. The lowest BCUT2D eigenvalue weighted by molar-refractivity contribution is -0.136. The van der Waals surface area contributed by atoms with E-state index in [4.69, 9.17) is 5.11 Å². The van der Waals surface area contributed by atoms with Crippen molar-refractivity contribution in [2.24, 2.45) is 0 Å². The summed E-state index contributed by atoms with van der Waals surface area (Å²) < 4.78 is 12.8. The summed E-state index contributed by atoms with van der Waals surface area (Å²) in [4.78, 5) is 10.7. The summed E-state index contributed by atoms with van der Waals surface area (Å²) in [5.41, 5.74) is 0. The molecule has 2 atom stereocenters. The Balaban J connectivity index is 3.41. The van der Waals surface area contributed by atoms with E-state index in [2.05, 4.69) is 0 Å². The van der Waals surface area contributed by atoms with E-state index < -0.39 is 12.1 Å². The number of hydrogen-bond donors (Lipinski definition) is 1. The van der Waals surface area contributed by atoms with Gasteiger partial charge >= 0.3 is 5.97 Å². The van der Waals surface area contributed by atoms with Crippen LogP contribution >= 0.6 is 11.8 Å². The van der Waals surface area contributed by atoms with Gasteiger partial charge in [0.1, 0.15) is 5.25 Å². The van der Waals surface area contributed by atoms with Crippen LogP contribution in [0.2, 0.25) is 0 Å². The Morgan fingerprint density at radius 2 is 2.00 bits per heavy atom. The Bertz CT molecular complexity index is 176. The summed E-state index contributed by atoms with van der Waals surface area (Å²) in [6.45, 7) is 3.72. The average molecular weight is 236 g/mol. The number of unbranched alkanes of at least 4 members (excludes halogenated alkanes) is 1. The molecule has 0 aliphatic rings. The van der Waals surface area contributed by atoms with Crippen LogP contribution in [0, 0.1) is 0 Å². The van der Waals surface area contributed by atoms with Crippen molar-refractivity contribution in [2.45, 2.75) is 57.4 Å². The highest BCUT2D eigenvalue weighted by Crippen LogP contribution is 2.18. The number of thioether (sulfide) groups is 1. The molecule has 0 aromatic rings. The zero-order valence-corrected chi connectivity index (χ0v) is 10.4. The maximum absolute atomic E-state index is 12.8. The molecule has 0 rings (SSSR count). The predicted molar refractivity (Wildman–Crippen MR) is 63.2 cm³/mol. The van der Waals surface area contributed by atoms with E-state index in [1.54, 1.807) is 0 Å². The van der Waals surface area contributed by atoms with E-state index in [0.717, 1.165) is 18.6 Å². The number of alkyl halides is 1. The largest absolute Gasteiger partial charge is 0.480 e. The van der Waals surface area contributed by atoms with Crippen LogP contribution in [0.4, 0.5) is 4.39 Å². The van der Waals surface area contributed by atoms with Crippen LogP contribution in [-0.4, -0.2) is 28.3 Å². The highest BCUT2D eigenvalue weighted by molar-refractivity contribution is 8.00. The van der Waals surface area contributed by atoms with Gasteiger partial charge in [0.05, 0.1) is 6.17 Å². The second-order valence-corrected chi connectivity index (χ2v) is 4.92. The molecular weight excluding hydrogens is 215 g/mol. The van der Waals surface area contributed by atoms with Crippen molar-refractivity contribution in [1.29, 1.82) is 0 Å². The van der Waals surface area contributed by atoms with E-state index in [9.17, 15) is 9.18 Å². The Morgan fingerprint density at radius 1 is 1.33 bits per heavy atom. The van der Waals surface area contributed by atoms with Gasteiger partial charge in [-0.25, -0.2) is 4.39 Å². The van der Waals surface area contributed by atoms with Gasteiger partial charge < -0.3 is 5.11 Å². The van der Waals surface area contributed by atoms with Crippen LogP contribution in [0.5, 0.6) is 0 Å². The molecule has 4 heteroatoms. The topological polar surface area (TPSA) is 37.3 Å². The van der Waals surface area contributed by atoms with Gasteiger partial charge in [-0.15, -0.1) is 11.8 Å². The summed E-state index contributed by atoms with van der Waals surface area (Å²) in [6, 6.07) is 0. The van der Waals surface area contributed by atoms with Crippen LogP contribution in [0.15, 0.2) is 0 Å². The molecule has 0 saturated carbocycles. The average Bonchev–Trinajstić information content (AvgIpc) is 2.22. The fourth-order valence-corrected chi connectivity index (χ4v) is 2.29. The molecule has 0 spiro atoms. The van der Waals surface area contributed by atoms with Crippen molar-refractivity contribution in [1.82, 2.24) is 0 Å². The van der Waals surface area contributed by atoms with E-state index in [-0.39, 0.29) is 5.25 Å². The normalized spacial score (nSPS) is 14.9. The van der Waals surface area contributed by atoms with Gasteiger partial charge in [-0.05, 0) is 37.9 Å². The molecule has 0 aliphatic heterocycles. The number of halogens is 1. The highest BCUT2D eigenvalue weighted by Gasteiger charge is 2.14. The third-order valence-corrected chi connectivity index (χ3v) is 3.78. The monoisotopic (exact) mass is 236 g/mol. The molecular formula is C11H21FO2S. The smallest absolute Gasteiger partial charge is 0.316 e. The van der Waals surface area contributed by atoms with E-state index >= 15 is 0 Å². The van der Waals surface area contributed by atoms with Crippen LogP contribution in [0.3, 0.4) is 0 Å². The standard InChI is InChI=1S/C11H21FO2S/c1-3-9(12)7-5-6-8-15-10(4-2)11(13)14/h9-10H,3-8H2,1-2H3,(H,13,14). The third kappa shape index (κ3) is 7.65. The van der Waals surface area contributed by atoms with E-state index in [1.807, 2.05) is 13.8 Å². The van der Waals surface area contributed by atoms with Gasteiger partial charge in [0.2, 0.25) is 0 Å². The Morgan fingerprint density at radius 3 is 2.47 bits per heavy atom. The first-order valence-corrected chi connectivity index (χ1v) is 6.65.